The molecular weight excluding hydrogens is 266 g/mol. The molecule has 2 N–H and O–H groups in total. The van der Waals surface area contributed by atoms with Crippen molar-refractivity contribution in [3.63, 3.8) is 0 Å². The maximum Gasteiger partial charge on any atom is 0.225 e. The summed E-state index contributed by atoms with van der Waals surface area (Å²) in [6.45, 7) is 8.96. The topological polar surface area (TPSA) is 67.2 Å². The number of carbonyl (C=O) groups is 1. The summed E-state index contributed by atoms with van der Waals surface area (Å²) in [6.07, 6.45) is 0.446. The Balaban J connectivity index is 2.07. The fraction of sp³-hybridized carbons (Fsp3) is 0.500. The molecule has 21 heavy (non-hydrogen) atoms. The number of amides is 1. The van der Waals surface area contributed by atoms with Crippen LogP contribution in [0.15, 0.2) is 22.6 Å². The van der Waals surface area contributed by atoms with Gasteiger partial charge in [-0.15, -0.1) is 0 Å². The lowest BCUT2D eigenvalue weighted by atomic mass is 10.2. The van der Waals surface area contributed by atoms with Crippen LogP contribution >= 0.6 is 0 Å². The molecule has 1 unspecified atom stereocenters. The smallest absolute Gasteiger partial charge is 0.225 e. The highest BCUT2D eigenvalue weighted by molar-refractivity contribution is 5.93. The minimum Gasteiger partial charge on any atom is -0.440 e. The van der Waals surface area contributed by atoms with Crippen LogP contribution in [-0.4, -0.2) is 23.5 Å². The molecule has 1 atom stereocenters. The lowest BCUT2D eigenvalue weighted by Crippen LogP contribution is -2.30. The Morgan fingerprint density at radius 1 is 1.33 bits per heavy atom. The molecule has 1 aromatic heterocycles. The Hall–Kier alpha value is -1.88. The van der Waals surface area contributed by atoms with Crippen LogP contribution in [0.25, 0.3) is 11.1 Å². The van der Waals surface area contributed by atoms with Crippen LogP contribution in [-0.2, 0) is 4.79 Å². The number of benzene rings is 1. The van der Waals surface area contributed by atoms with Crippen molar-refractivity contribution in [1.29, 1.82) is 0 Å². The molecule has 5 heteroatoms. The Kier molecular flexibility index (Phi) is 4.96. The van der Waals surface area contributed by atoms with Gasteiger partial charge in [-0.25, -0.2) is 4.98 Å². The van der Waals surface area contributed by atoms with Gasteiger partial charge in [-0.3, -0.25) is 4.79 Å². The molecule has 0 aliphatic carbocycles. The fourth-order valence-electron chi connectivity index (χ4n) is 2.18. The zero-order chi connectivity index (χ0) is 15.4. The van der Waals surface area contributed by atoms with Gasteiger partial charge in [0.1, 0.15) is 5.52 Å². The number of hydrogen-bond acceptors (Lipinski definition) is 4. The van der Waals surface area contributed by atoms with Gasteiger partial charge >= 0.3 is 0 Å². The van der Waals surface area contributed by atoms with Gasteiger partial charge in [-0.05, 0) is 31.7 Å². The summed E-state index contributed by atoms with van der Waals surface area (Å²) < 4.78 is 5.65. The molecule has 0 spiro atoms. The van der Waals surface area contributed by atoms with Crippen molar-refractivity contribution >= 4 is 22.7 Å². The van der Waals surface area contributed by atoms with Gasteiger partial charge in [-0.1, -0.05) is 20.8 Å². The van der Waals surface area contributed by atoms with E-state index in [1.54, 1.807) is 0 Å². The van der Waals surface area contributed by atoms with Gasteiger partial charge < -0.3 is 15.1 Å². The zero-order valence-electron chi connectivity index (χ0n) is 13.1. The average Bonchev–Trinajstić information content (AvgIpc) is 2.81. The third-order valence-electron chi connectivity index (χ3n) is 3.23. The largest absolute Gasteiger partial charge is 0.440 e. The summed E-state index contributed by atoms with van der Waals surface area (Å²) in [4.78, 5) is 16.4. The predicted molar refractivity (Wildman–Crippen MR) is 84.5 cm³/mol. The van der Waals surface area contributed by atoms with E-state index in [1.165, 1.54) is 0 Å². The third kappa shape index (κ3) is 4.04. The predicted octanol–water partition coefficient (Wildman–Crippen LogP) is 3.28. The first-order chi connectivity index (χ1) is 9.99. The SMILES string of the molecule is CCNC(C)CC(=O)Nc1ccc2oc(C(C)C)nc2c1. The highest BCUT2D eigenvalue weighted by atomic mass is 16.3. The van der Waals surface area contributed by atoms with Crippen LogP contribution in [0.3, 0.4) is 0 Å². The van der Waals surface area contributed by atoms with Crippen molar-refractivity contribution in [3.05, 3.63) is 24.1 Å². The van der Waals surface area contributed by atoms with Crippen LogP contribution in [0.4, 0.5) is 5.69 Å². The molecule has 0 fully saturated rings. The second kappa shape index (κ2) is 6.72. The Morgan fingerprint density at radius 2 is 2.10 bits per heavy atom. The summed E-state index contributed by atoms with van der Waals surface area (Å²) in [6, 6.07) is 5.70. The summed E-state index contributed by atoms with van der Waals surface area (Å²) in [5.74, 6) is 0.959. The molecule has 0 bridgehead atoms. The van der Waals surface area contributed by atoms with Gasteiger partial charge in [0.05, 0.1) is 0 Å². The minimum atomic E-state index is -0.00428. The summed E-state index contributed by atoms with van der Waals surface area (Å²) >= 11 is 0. The molecule has 1 aromatic carbocycles. The monoisotopic (exact) mass is 289 g/mol. The number of fused-ring (bicyclic) bond motifs is 1. The maximum absolute atomic E-state index is 12.0. The summed E-state index contributed by atoms with van der Waals surface area (Å²) in [5, 5.41) is 6.12. The van der Waals surface area contributed by atoms with Crippen molar-refractivity contribution in [2.45, 2.75) is 46.1 Å². The number of hydrogen-bond donors (Lipinski definition) is 2. The van der Waals surface area contributed by atoms with Crippen LogP contribution in [0.2, 0.25) is 0 Å². The Labute approximate surface area is 125 Å². The molecule has 5 nitrogen and oxygen atoms in total. The highest BCUT2D eigenvalue weighted by Crippen LogP contribution is 2.23. The minimum absolute atomic E-state index is 0.00428. The van der Waals surface area contributed by atoms with Crippen LogP contribution in [0.5, 0.6) is 0 Å². The zero-order valence-corrected chi connectivity index (χ0v) is 13.1. The third-order valence-corrected chi connectivity index (χ3v) is 3.23. The second-order valence-electron chi connectivity index (χ2n) is 5.60. The van der Waals surface area contributed by atoms with Crippen LogP contribution in [0, 0.1) is 0 Å². The standard InChI is InChI=1S/C16H23N3O2/c1-5-17-11(4)8-15(20)18-12-6-7-14-13(9-12)19-16(21-14)10(2)3/h6-7,9-11,17H,5,8H2,1-4H3,(H,18,20). The van der Waals surface area contributed by atoms with E-state index < -0.39 is 0 Å². The van der Waals surface area contributed by atoms with Crippen molar-refractivity contribution in [2.24, 2.45) is 0 Å². The number of nitrogens with one attached hydrogen (secondary N) is 2. The number of rotatable bonds is 6. The molecular formula is C16H23N3O2. The van der Waals surface area contributed by atoms with Crippen molar-refractivity contribution < 1.29 is 9.21 Å². The number of aromatic nitrogens is 1. The van der Waals surface area contributed by atoms with Crippen molar-refractivity contribution in [2.75, 3.05) is 11.9 Å². The number of oxazole rings is 1. The number of carbonyl (C=O) groups excluding carboxylic acids is 1. The molecule has 0 saturated carbocycles. The molecule has 0 aliphatic rings. The summed E-state index contributed by atoms with van der Waals surface area (Å²) in [5.41, 5.74) is 2.27. The first-order valence-corrected chi connectivity index (χ1v) is 7.43. The molecule has 0 aliphatic heterocycles. The highest BCUT2D eigenvalue weighted by Gasteiger charge is 2.12. The first kappa shape index (κ1) is 15.5. The molecule has 0 saturated heterocycles. The normalized spacial score (nSPS) is 12.8. The molecule has 0 radical (unpaired) electrons. The second-order valence-corrected chi connectivity index (χ2v) is 5.60. The Morgan fingerprint density at radius 3 is 2.76 bits per heavy atom. The van der Waals surface area contributed by atoms with Gasteiger partial charge in [0.25, 0.3) is 0 Å². The molecule has 2 aromatic rings. The van der Waals surface area contributed by atoms with E-state index in [4.69, 9.17) is 4.42 Å². The van der Waals surface area contributed by atoms with E-state index in [1.807, 2.05) is 45.9 Å². The average molecular weight is 289 g/mol. The molecule has 1 heterocycles. The van der Waals surface area contributed by atoms with E-state index in [2.05, 4.69) is 15.6 Å². The lowest BCUT2D eigenvalue weighted by molar-refractivity contribution is -0.116. The van der Waals surface area contributed by atoms with Crippen LogP contribution < -0.4 is 10.6 Å². The van der Waals surface area contributed by atoms with Crippen LogP contribution in [0.1, 0.15) is 45.9 Å². The van der Waals surface area contributed by atoms with E-state index in [-0.39, 0.29) is 17.9 Å². The van der Waals surface area contributed by atoms with Crippen molar-refractivity contribution in [3.8, 4) is 0 Å². The van der Waals surface area contributed by atoms with E-state index in [0.717, 1.165) is 23.3 Å². The molecule has 114 valence electrons. The number of nitrogens with zero attached hydrogens (tertiary/aromatic N) is 1. The molecule has 2 rings (SSSR count). The maximum atomic E-state index is 12.0. The van der Waals surface area contributed by atoms with E-state index >= 15 is 0 Å². The lowest BCUT2D eigenvalue weighted by Gasteiger charge is -2.11. The van der Waals surface area contributed by atoms with Gasteiger partial charge in [-0.2, -0.15) is 0 Å². The van der Waals surface area contributed by atoms with Gasteiger partial charge in [0, 0.05) is 24.1 Å². The fourth-order valence-corrected chi connectivity index (χ4v) is 2.18. The van der Waals surface area contributed by atoms with Crippen molar-refractivity contribution in [1.82, 2.24) is 10.3 Å². The van der Waals surface area contributed by atoms with Gasteiger partial charge in [0.2, 0.25) is 5.91 Å². The first-order valence-electron chi connectivity index (χ1n) is 7.43. The quantitative estimate of drug-likeness (QED) is 0.856. The van der Waals surface area contributed by atoms with E-state index in [9.17, 15) is 4.79 Å². The number of anilines is 1. The van der Waals surface area contributed by atoms with E-state index in [0.29, 0.717) is 12.3 Å². The molecule has 1 amide bonds. The van der Waals surface area contributed by atoms with Gasteiger partial charge in [0.15, 0.2) is 11.5 Å². The summed E-state index contributed by atoms with van der Waals surface area (Å²) in [7, 11) is 0. The Bertz CT molecular complexity index is 619.